The summed E-state index contributed by atoms with van der Waals surface area (Å²) in [5.74, 6) is 0.751. The van der Waals surface area contributed by atoms with Crippen LogP contribution in [0.3, 0.4) is 0 Å². The van der Waals surface area contributed by atoms with Crippen molar-refractivity contribution in [3.05, 3.63) is 101 Å². The predicted octanol–water partition coefficient (Wildman–Crippen LogP) is 4.84. The number of hydrogen-bond acceptors (Lipinski definition) is 4. The standard InChI is InChI=1S/C26H26N2O3/c1-19-12-14-21(15-13-19)26(29)28(17-20-8-4-3-5-9-20)18-22-16-24(27-31-22)23-10-6-7-11-25(23)30-2/h3-15,22H,16-18H2,1-2H3/t22-/m1/s1. The first kappa shape index (κ1) is 20.7. The fraction of sp³-hybridized carbons (Fsp3) is 0.231. The first-order chi connectivity index (χ1) is 15.1. The van der Waals surface area contributed by atoms with Crippen LogP contribution < -0.4 is 4.74 Å². The molecule has 3 aromatic carbocycles. The summed E-state index contributed by atoms with van der Waals surface area (Å²) >= 11 is 0. The Morgan fingerprint density at radius 3 is 2.48 bits per heavy atom. The number of aryl methyl sites for hydroxylation is 1. The van der Waals surface area contributed by atoms with E-state index in [0.717, 1.165) is 28.2 Å². The number of ether oxygens (including phenoxy) is 1. The highest BCUT2D eigenvalue weighted by molar-refractivity contribution is 6.03. The van der Waals surface area contributed by atoms with Crippen LogP contribution in [-0.2, 0) is 11.4 Å². The van der Waals surface area contributed by atoms with Crippen molar-refractivity contribution < 1.29 is 14.4 Å². The summed E-state index contributed by atoms with van der Waals surface area (Å²) in [5, 5.41) is 4.30. The van der Waals surface area contributed by atoms with Gasteiger partial charge in [0.1, 0.15) is 5.75 Å². The molecule has 0 bridgehead atoms. The molecule has 3 aromatic rings. The zero-order valence-corrected chi connectivity index (χ0v) is 17.8. The number of nitrogens with zero attached hydrogens (tertiary/aromatic N) is 2. The van der Waals surface area contributed by atoms with Gasteiger partial charge in [0.15, 0.2) is 6.10 Å². The van der Waals surface area contributed by atoms with E-state index >= 15 is 0 Å². The van der Waals surface area contributed by atoms with E-state index in [0.29, 0.717) is 25.1 Å². The summed E-state index contributed by atoms with van der Waals surface area (Å²) in [6.07, 6.45) is 0.408. The minimum Gasteiger partial charge on any atom is -0.496 e. The number of benzene rings is 3. The van der Waals surface area contributed by atoms with Crippen LogP contribution in [0.4, 0.5) is 0 Å². The van der Waals surface area contributed by atoms with Gasteiger partial charge in [-0.1, -0.05) is 65.3 Å². The number of hydrogen-bond donors (Lipinski definition) is 0. The largest absolute Gasteiger partial charge is 0.496 e. The molecule has 0 spiro atoms. The Kier molecular flexibility index (Phi) is 6.32. The third kappa shape index (κ3) is 4.94. The minimum atomic E-state index is -0.210. The van der Waals surface area contributed by atoms with Crippen molar-refractivity contribution in [3.63, 3.8) is 0 Å². The lowest BCUT2D eigenvalue weighted by Crippen LogP contribution is -2.37. The Morgan fingerprint density at radius 1 is 1.03 bits per heavy atom. The molecule has 1 aliphatic rings. The van der Waals surface area contributed by atoms with Gasteiger partial charge in [0.25, 0.3) is 5.91 Å². The van der Waals surface area contributed by atoms with Gasteiger partial charge in [-0.15, -0.1) is 0 Å². The quantitative estimate of drug-likeness (QED) is 0.556. The number of rotatable bonds is 7. The molecule has 0 N–H and O–H groups in total. The average molecular weight is 415 g/mol. The number of amides is 1. The molecular weight excluding hydrogens is 388 g/mol. The van der Waals surface area contributed by atoms with Crippen LogP contribution in [0.15, 0.2) is 84.0 Å². The van der Waals surface area contributed by atoms with Crippen molar-refractivity contribution in [1.29, 1.82) is 0 Å². The van der Waals surface area contributed by atoms with E-state index < -0.39 is 0 Å². The van der Waals surface area contributed by atoms with Gasteiger partial charge in [-0.3, -0.25) is 4.79 Å². The zero-order valence-electron chi connectivity index (χ0n) is 17.8. The SMILES string of the molecule is COc1ccccc1C1=NO[C@@H](CN(Cc2ccccc2)C(=O)c2ccc(C)cc2)C1. The van der Waals surface area contributed by atoms with Gasteiger partial charge in [0.05, 0.1) is 19.4 Å². The lowest BCUT2D eigenvalue weighted by Gasteiger charge is -2.25. The monoisotopic (exact) mass is 414 g/mol. The first-order valence-electron chi connectivity index (χ1n) is 10.4. The van der Waals surface area contributed by atoms with Crippen molar-refractivity contribution in [2.24, 2.45) is 5.16 Å². The van der Waals surface area contributed by atoms with Gasteiger partial charge in [-0.2, -0.15) is 0 Å². The van der Waals surface area contributed by atoms with Crippen LogP contribution in [0.5, 0.6) is 5.75 Å². The van der Waals surface area contributed by atoms with Crippen molar-refractivity contribution >= 4 is 11.6 Å². The maximum absolute atomic E-state index is 13.3. The highest BCUT2D eigenvalue weighted by Crippen LogP contribution is 2.25. The van der Waals surface area contributed by atoms with Crippen molar-refractivity contribution in [3.8, 4) is 5.75 Å². The molecule has 31 heavy (non-hydrogen) atoms. The summed E-state index contributed by atoms with van der Waals surface area (Å²) in [5.41, 5.74) is 4.63. The normalized spacial score (nSPS) is 15.2. The van der Waals surface area contributed by atoms with Crippen LogP contribution in [0, 0.1) is 6.92 Å². The second-order valence-corrected chi connectivity index (χ2v) is 7.71. The van der Waals surface area contributed by atoms with E-state index in [1.54, 1.807) is 7.11 Å². The van der Waals surface area contributed by atoms with E-state index in [2.05, 4.69) is 5.16 Å². The lowest BCUT2D eigenvalue weighted by atomic mass is 10.0. The molecule has 1 amide bonds. The molecule has 0 saturated carbocycles. The average Bonchev–Trinajstić information content (AvgIpc) is 3.28. The molecular formula is C26H26N2O3. The Hall–Kier alpha value is -3.60. The highest BCUT2D eigenvalue weighted by Gasteiger charge is 2.28. The maximum Gasteiger partial charge on any atom is 0.254 e. The molecule has 0 radical (unpaired) electrons. The summed E-state index contributed by atoms with van der Waals surface area (Å²) < 4.78 is 5.46. The molecule has 1 heterocycles. The van der Waals surface area contributed by atoms with Crippen LogP contribution in [-0.4, -0.2) is 36.3 Å². The molecule has 5 nitrogen and oxygen atoms in total. The van der Waals surface area contributed by atoms with Gasteiger partial charge in [-0.05, 0) is 36.8 Å². The van der Waals surface area contributed by atoms with Crippen molar-refractivity contribution in [2.75, 3.05) is 13.7 Å². The number of para-hydroxylation sites is 1. The number of carbonyl (C=O) groups is 1. The van der Waals surface area contributed by atoms with Gasteiger partial charge in [0, 0.05) is 24.1 Å². The molecule has 1 aliphatic heterocycles. The Balaban J connectivity index is 1.51. The van der Waals surface area contributed by atoms with Gasteiger partial charge < -0.3 is 14.5 Å². The Morgan fingerprint density at radius 2 is 1.74 bits per heavy atom. The first-order valence-corrected chi connectivity index (χ1v) is 10.4. The molecule has 5 heteroatoms. The second-order valence-electron chi connectivity index (χ2n) is 7.71. The van der Waals surface area contributed by atoms with Gasteiger partial charge in [0.2, 0.25) is 0 Å². The molecule has 0 fully saturated rings. The van der Waals surface area contributed by atoms with Gasteiger partial charge >= 0.3 is 0 Å². The van der Waals surface area contributed by atoms with E-state index in [1.165, 1.54) is 0 Å². The van der Waals surface area contributed by atoms with Crippen molar-refractivity contribution in [2.45, 2.75) is 26.0 Å². The fourth-order valence-corrected chi connectivity index (χ4v) is 3.72. The van der Waals surface area contributed by atoms with E-state index in [1.807, 2.05) is 90.7 Å². The fourth-order valence-electron chi connectivity index (χ4n) is 3.72. The van der Waals surface area contributed by atoms with Crippen LogP contribution in [0.1, 0.15) is 33.5 Å². The molecule has 0 saturated heterocycles. The smallest absolute Gasteiger partial charge is 0.254 e. The maximum atomic E-state index is 13.3. The summed E-state index contributed by atoms with van der Waals surface area (Å²) in [6.45, 7) is 2.97. The topological polar surface area (TPSA) is 51.1 Å². The van der Waals surface area contributed by atoms with Crippen LogP contribution in [0.2, 0.25) is 0 Å². The molecule has 0 unspecified atom stereocenters. The summed E-state index contributed by atoms with van der Waals surface area (Å²) in [4.78, 5) is 20.9. The minimum absolute atomic E-state index is 0.0156. The molecule has 4 rings (SSSR count). The van der Waals surface area contributed by atoms with E-state index in [9.17, 15) is 4.79 Å². The van der Waals surface area contributed by atoms with Gasteiger partial charge in [-0.25, -0.2) is 0 Å². The second kappa shape index (κ2) is 9.47. The number of carbonyl (C=O) groups excluding carboxylic acids is 1. The molecule has 0 aliphatic carbocycles. The van der Waals surface area contributed by atoms with Crippen LogP contribution >= 0.6 is 0 Å². The molecule has 0 aromatic heterocycles. The Labute approximate surface area is 182 Å². The summed E-state index contributed by atoms with van der Waals surface area (Å²) in [7, 11) is 1.65. The zero-order chi connectivity index (χ0) is 21.6. The van der Waals surface area contributed by atoms with Crippen molar-refractivity contribution in [1.82, 2.24) is 4.90 Å². The van der Waals surface area contributed by atoms with E-state index in [4.69, 9.17) is 9.57 Å². The third-order valence-corrected chi connectivity index (χ3v) is 5.38. The molecule has 1 atom stereocenters. The number of oxime groups is 1. The molecule has 158 valence electrons. The lowest BCUT2D eigenvalue weighted by molar-refractivity contribution is 0.0405. The summed E-state index contributed by atoms with van der Waals surface area (Å²) in [6, 6.07) is 25.4. The third-order valence-electron chi connectivity index (χ3n) is 5.38. The Bertz CT molecular complexity index is 1060. The highest BCUT2D eigenvalue weighted by atomic mass is 16.6. The predicted molar refractivity (Wildman–Crippen MR) is 121 cm³/mol. The number of methoxy groups -OCH3 is 1. The van der Waals surface area contributed by atoms with Crippen LogP contribution in [0.25, 0.3) is 0 Å². The van der Waals surface area contributed by atoms with E-state index in [-0.39, 0.29) is 12.0 Å².